The molecule has 7 nitrogen and oxygen atoms in total. The SMILES string of the molecule is Cc1cc(C(=O)NCCN)c(N)c([N+](=O)[O-])c1.Cl. The van der Waals surface area contributed by atoms with Gasteiger partial charge in [-0.1, -0.05) is 0 Å². The number of nitrogens with one attached hydrogen (secondary N) is 1. The van der Waals surface area contributed by atoms with Gasteiger partial charge in [0.05, 0.1) is 10.5 Å². The van der Waals surface area contributed by atoms with Crippen molar-refractivity contribution in [1.29, 1.82) is 0 Å². The number of nitrogens with two attached hydrogens (primary N) is 2. The Labute approximate surface area is 110 Å². The molecule has 1 aromatic rings. The van der Waals surface area contributed by atoms with Crippen LogP contribution >= 0.6 is 12.4 Å². The lowest BCUT2D eigenvalue weighted by atomic mass is 10.1. The normalized spacial score (nSPS) is 9.44. The van der Waals surface area contributed by atoms with Crippen molar-refractivity contribution in [1.82, 2.24) is 5.32 Å². The maximum atomic E-state index is 11.7. The topological polar surface area (TPSA) is 124 Å². The number of benzene rings is 1. The number of aryl methyl sites for hydroxylation is 1. The van der Waals surface area contributed by atoms with Gasteiger partial charge in [-0.25, -0.2) is 0 Å². The third-order valence-electron chi connectivity index (χ3n) is 2.17. The van der Waals surface area contributed by atoms with Gasteiger partial charge in [-0.15, -0.1) is 12.4 Å². The molecule has 1 aromatic carbocycles. The number of carbonyl (C=O) groups excluding carboxylic acids is 1. The van der Waals surface area contributed by atoms with Crippen molar-refractivity contribution in [2.75, 3.05) is 18.8 Å². The Kier molecular flexibility index (Phi) is 6.07. The number of nitrogen functional groups attached to an aromatic ring is 1. The van der Waals surface area contributed by atoms with Crippen LogP contribution in [0.25, 0.3) is 0 Å². The monoisotopic (exact) mass is 274 g/mol. The molecule has 1 rings (SSSR count). The van der Waals surface area contributed by atoms with Gasteiger partial charge in [0.2, 0.25) is 0 Å². The molecule has 0 bridgehead atoms. The minimum atomic E-state index is -0.609. The molecule has 0 fully saturated rings. The van der Waals surface area contributed by atoms with Crippen LogP contribution in [0.5, 0.6) is 0 Å². The van der Waals surface area contributed by atoms with Gasteiger partial charge in [-0.05, 0) is 18.6 Å². The lowest BCUT2D eigenvalue weighted by Crippen LogP contribution is -2.29. The van der Waals surface area contributed by atoms with E-state index in [2.05, 4.69) is 5.32 Å². The summed E-state index contributed by atoms with van der Waals surface area (Å²) >= 11 is 0. The molecule has 0 saturated carbocycles. The first-order valence-corrected chi connectivity index (χ1v) is 5.00. The van der Waals surface area contributed by atoms with E-state index < -0.39 is 10.8 Å². The fourth-order valence-corrected chi connectivity index (χ4v) is 1.40. The highest BCUT2D eigenvalue weighted by Gasteiger charge is 2.19. The molecular weight excluding hydrogens is 260 g/mol. The molecule has 0 atom stereocenters. The van der Waals surface area contributed by atoms with Crippen LogP contribution in [-0.2, 0) is 0 Å². The molecule has 0 aliphatic heterocycles. The number of anilines is 1. The van der Waals surface area contributed by atoms with Gasteiger partial charge in [0.15, 0.2) is 0 Å². The van der Waals surface area contributed by atoms with Crippen LogP contribution < -0.4 is 16.8 Å². The summed E-state index contributed by atoms with van der Waals surface area (Å²) in [4.78, 5) is 21.8. The van der Waals surface area contributed by atoms with Crippen LogP contribution in [0.3, 0.4) is 0 Å². The Bertz CT molecular complexity index is 465. The smallest absolute Gasteiger partial charge is 0.293 e. The molecule has 5 N–H and O–H groups in total. The molecule has 0 saturated heterocycles. The van der Waals surface area contributed by atoms with E-state index in [0.29, 0.717) is 18.7 Å². The molecule has 100 valence electrons. The van der Waals surface area contributed by atoms with E-state index in [0.717, 1.165) is 0 Å². The first-order chi connectivity index (χ1) is 7.97. The number of nitrogens with zero attached hydrogens (tertiary/aromatic N) is 1. The van der Waals surface area contributed by atoms with Crippen LogP contribution in [0.2, 0.25) is 0 Å². The average molecular weight is 275 g/mol. The molecular formula is C10H15ClN4O3. The molecule has 8 heteroatoms. The zero-order valence-corrected chi connectivity index (χ0v) is 10.6. The Balaban J connectivity index is 0.00000289. The molecule has 0 aliphatic carbocycles. The van der Waals surface area contributed by atoms with Gasteiger partial charge >= 0.3 is 0 Å². The Morgan fingerprint density at radius 3 is 2.61 bits per heavy atom. The summed E-state index contributed by atoms with van der Waals surface area (Å²) in [6.07, 6.45) is 0. The van der Waals surface area contributed by atoms with Gasteiger partial charge in [-0.3, -0.25) is 14.9 Å². The molecule has 0 aliphatic rings. The van der Waals surface area contributed by atoms with Crippen molar-refractivity contribution in [3.05, 3.63) is 33.4 Å². The van der Waals surface area contributed by atoms with Crippen LogP contribution in [0.15, 0.2) is 12.1 Å². The number of hydrogen-bond donors (Lipinski definition) is 3. The van der Waals surface area contributed by atoms with E-state index in [1.165, 1.54) is 12.1 Å². The Hall–Kier alpha value is -1.86. The minimum Gasteiger partial charge on any atom is -0.393 e. The number of amides is 1. The minimum absolute atomic E-state index is 0. The second-order valence-electron chi connectivity index (χ2n) is 3.55. The van der Waals surface area contributed by atoms with Crippen molar-refractivity contribution < 1.29 is 9.72 Å². The van der Waals surface area contributed by atoms with E-state index in [1.807, 2.05) is 0 Å². The highest BCUT2D eigenvalue weighted by Crippen LogP contribution is 2.26. The first-order valence-electron chi connectivity index (χ1n) is 5.00. The van der Waals surface area contributed by atoms with E-state index in [9.17, 15) is 14.9 Å². The quantitative estimate of drug-likeness (QED) is 0.421. The second-order valence-corrected chi connectivity index (χ2v) is 3.55. The summed E-state index contributed by atoms with van der Waals surface area (Å²) in [6, 6.07) is 2.84. The predicted molar refractivity (Wildman–Crippen MR) is 70.9 cm³/mol. The third-order valence-corrected chi connectivity index (χ3v) is 2.17. The summed E-state index contributed by atoms with van der Waals surface area (Å²) in [6.45, 7) is 2.24. The van der Waals surface area contributed by atoms with Gasteiger partial charge in [0.25, 0.3) is 11.6 Å². The van der Waals surface area contributed by atoms with Crippen LogP contribution in [0.1, 0.15) is 15.9 Å². The number of hydrogen-bond acceptors (Lipinski definition) is 5. The van der Waals surface area contributed by atoms with Gasteiger partial charge in [0, 0.05) is 19.2 Å². The van der Waals surface area contributed by atoms with Gasteiger partial charge < -0.3 is 16.8 Å². The molecule has 0 spiro atoms. The molecule has 1 amide bonds. The zero-order valence-electron chi connectivity index (χ0n) is 9.80. The van der Waals surface area contributed by atoms with Crippen molar-refractivity contribution >= 4 is 29.7 Å². The molecule has 0 heterocycles. The van der Waals surface area contributed by atoms with Crippen molar-refractivity contribution in [2.45, 2.75) is 6.92 Å². The Morgan fingerprint density at radius 1 is 1.50 bits per heavy atom. The zero-order chi connectivity index (χ0) is 13.0. The number of halogens is 1. The van der Waals surface area contributed by atoms with Crippen LogP contribution in [-0.4, -0.2) is 23.9 Å². The standard InChI is InChI=1S/C10H14N4O3.ClH/c1-6-4-7(10(15)13-3-2-11)9(12)8(5-6)14(16)17;/h4-5H,2-3,11-12H2,1H3,(H,13,15);1H. The largest absolute Gasteiger partial charge is 0.393 e. The van der Waals surface area contributed by atoms with E-state index in [1.54, 1.807) is 6.92 Å². The van der Waals surface area contributed by atoms with E-state index in [-0.39, 0.29) is 29.3 Å². The fourth-order valence-electron chi connectivity index (χ4n) is 1.40. The average Bonchev–Trinajstić information content (AvgIpc) is 2.28. The van der Waals surface area contributed by atoms with Crippen LogP contribution in [0.4, 0.5) is 11.4 Å². The van der Waals surface area contributed by atoms with Crippen molar-refractivity contribution in [3.63, 3.8) is 0 Å². The molecule has 18 heavy (non-hydrogen) atoms. The lowest BCUT2D eigenvalue weighted by Gasteiger charge is -2.08. The first kappa shape index (κ1) is 16.1. The van der Waals surface area contributed by atoms with Crippen molar-refractivity contribution in [3.8, 4) is 0 Å². The summed E-state index contributed by atoms with van der Waals surface area (Å²) in [5.74, 6) is -0.459. The highest BCUT2D eigenvalue weighted by atomic mass is 35.5. The number of nitro groups is 1. The van der Waals surface area contributed by atoms with Gasteiger partial charge in [0.1, 0.15) is 5.69 Å². The maximum absolute atomic E-state index is 11.7. The number of nitro benzene ring substituents is 1. The van der Waals surface area contributed by atoms with Crippen LogP contribution in [0, 0.1) is 17.0 Å². The predicted octanol–water partition coefficient (Wildman–Crippen LogP) is 0.596. The fraction of sp³-hybridized carbons (Fsp3) is 0.300. The molecule has 0 aromatic heterocycles. The Morgan fingerprint density at radius 2 is 2.11 bits per heavy atom. The second kappa shape index (κ2) is 6.77. The van der Waals surface area contributed by atoms with E-state index in [4.69, 9.17) is 11.5 Å². The summed E-state index contributed by atoms with van der Waals surface area (Å²) < 4.78 is 0. The highest BCUT2D eigenvalue weighted by molar-refractivity contribution is 6.01. The molecule has 0 radical (unpaired) electrons. The molecule has 0 unspecified atom stereocenters. The summed E-state index contributed by atoms with van der Waals surface area (Å²) in [5.41, 5.74) is 11.2. The third kappa shape index (κ3) is 3.57. The number of rotatable bonds is 4. The number of carbonyl (C=O) groups is 1. The summed E-state index contributed by atoms with van der Waals surface area (Å²) in [5, 5.41) is 13.3. The maximum Gasteiger partial charge on any atom is 0.293 e. The lowest BCUT2D eigenvalue weighted by molar-refractivity contribution is -0.384. The summed E-state index contributed by atoms with van der Waals surface area (Å²) in [7, 11) is 0. The van der Waals surface area contributed by atoms with Crippen molar-refractivity contribution in [2.24, 2.45) is 5.73 Å². The van der Waals surface area contributed by atoms with Gasteiger partial charge in [-0.2, -0.15) is 0 Å². The van der Waals surface area contributed by atoms with E-state index >= 15 is 0 Å².